The number of rotatable bonds is 2. The van der Waals surface area contributed by atoms with Crippen molar-refractivity contribution in [2.75, 3.05) is 13.1 Å². The van der Waals surface area contributed by atoms with Crippen LogP contribution in [0, 0.1) is 5.92 Å². The van der Waals surface area contributed by atoms with Gasteiger partial charge in [0.15, 0.2) is 0 Å². The number of carbonyl (C=O) groups is 1. The number of amides is 1. The molecule has 0 bridgehead atoms. The van der Waals surface area contributed by atoms with E-state index >= 15 is 0 Å². The third-order valence-corrected chi connectivity index (χ3v) is 2.46. The average Bonchev–Trinajstić information content (AvgIpc) is 2.14. The van der Waals surface area contributed by atoms with Crippen LogP contribution in [0.5, 0.6) is 0 Å². The molecule has 2 atom stereocenters. The lowest BCUT2D eigenvalue weighted by Crippen LogP contribution is -2.51. The van der Waals surface area contributed by atoms with Crippen molar-refractivity contribution >= 4 is 6.09 Å². The predicted octanol–water partition coefficient (Wildman–Crippen LogP) is 1.75. The molecule has 1 heterocycles. The van der Waals surface area contributed by atoms with Gasteiger partial charge in [0.05, 0.1) is 0 Å². The molecule has 1 aliphatic heterocycles. The Hall–Kier alpha value is -0.910. The molecule has 1 aliphatic rings. The van der Waals surface area contributed by atoms with Crippen molar-refractivity contribution in [3.8, 4) is 0 Å². The highest BCUT2D eigenvalue weighted by Gasteiger charge is 2.29. The predicted molar refractivity (Wildman–Crippen MR) is 60.1 cm³/mol. The second-order valence-corrected chi connectivity index (χ2v) is 5.33. The third kappa shape index (κ3) is 5.30. The highest BCUT2D eigenvalue weighted by atomic mass is 19.3. The maximum atomic E-state index is 12.5. The van der Waals surface area contributed by atoms with Gasteiger partial charge in [0, 0.05) is 25.0 Å². The molecular weight excluding hydrogens is 230 g/mol. The van der Waals surface area contributed by atoms with E-state index < -0.39 is 24.0 Å². The molecule has 0 unspecified atom stereocenters. The molecule has 0 aliphatic carbocycles. The minimum atomic E-state index is -2.36. The molecule has 17 heavy (non-hydrogen) atoms. The summed E-state index contributed by atoms with van der Waals surface area (Å²) in [5, 5.41) is 5.49. The molecule has 0 aromatic heterocycles. The first-order valence-electron chi connectivity index (χ1n) is 5.76. The molecule has 0 aromatic rings. The molecule has 4 nitrogen and oxygen atoms in total. The fraction of sp³-hybridized carbons (Fsp3) is 0.909. The van der Waals surface area contributed by atoms with E-state index in [1.807, 2.05) is 0 Å². The Bertz CT molecular complexity index is 267. The number of ether oxygens (including phenoxy) is 1. The van der Waals surface area contributed by atoms with E-state index in [4.69, 9.17) is 4.74 Å². The van der Waals surface area contributed by atoms with Crippen LogP contribution in [-0.4, -0.2) is 37.3 Å². The lowest BCUT2D eigenvalue weighted by atomic mass is 9.96. The first-order chi connectivity index (χ1) is 7.78. The summed E-state index contributed by atoms with van der Waals surface area (Å²) in [6.07, 6.45) is -2.63. The van der Waals surface area contributed by atoms with Gasteiger partial charge in [-0.05, 0) is 27.2 Å². The summed E-state index contributed by atoms with van der Waals surface area (Å²) in [5.74, 6) is -0.705. The van der Waals surface area contributed by atoms with E-state index in [0.29, 0.717) is 13.1 Å². The van der Waals surface area contributed by atoms with E-state index in [1.54, 1.807) is 20.8 Å². The summed E-state index contributed by atoms with van der Waals surface area (Å²) in [4.78, 5) is 11.5. The highest BCUT2D eigenvalue weighted by molar-refractivity contribution is 5.68. The maximum absolute atomic E-state index is 12.5. The molecule has 1 rings (SSSR count). The Labute approximate surface area is 100 Å². The Balaban J connectivity index is 2.38. The second-order valence-electron chi connectivity index (χ2n) is 5.33. The zero-order valence-corrected chi connectivity index (χ0v) is 10.4. The summed E-state index contributed by atoms with van der Waals surface area (Å²) in [5.41, 5.74) is -0.575. The van der Waals surface area contributed by atoms with Gasteiger partial charge in [-0.3, -0.25) is 0 Å². The number of hydrogen-bond donors (Lipinski definition) is 2. The van der Waals surface area contributed by atoms with Gasteiger partial charge < -0.3 is 15.4 Å². The van der Waals surface area contributed by atoms with E-state index in [0.717, 1.165) is 0 Å². The van der Waals surface area contributed by atoms with Crippen molar-refractivity contribution in [3.63, 3.8) is 0 Å². The molecule has 0 aromatic carbocycles. The van der Waals surface area contributed by atoms with Gasteiger partial charge in [-0.25, -0.2) is 13.6 Å². The Morgan fingerprint density at radius 3 is 2.59 bits per heavy atom. The van der Waals surface area contributed by atoms with E-state index in [2.05, 4.69) is 10.6 Å². The zero-order chi connectivity index (χ0) is 13.1. The fourth-order valence-corrected chi connectivity index (χ4v) is 1.75. The Kier molecular flexibility index (Phi) is 4.68. The number of alkyl carbamates (subject to hydrolysis) is 1. The van der Waals surface area contributed by atoms with Crippen molar-refractivity contribution in [2.45, 2.75) is 45.3 Å². The summed E-state index contributed by atoms with van der Waals surface area (Å²) < 4.78 is 30.1. The van der Waals surface area contributed by atoms with Crippen molar-refractivity contribution in [2.24, 2.45) is 5.92 Å². The number of nitrogens with one attached hydrogen (secondary N) is 2. The molecule has 1 saturated heterocycles. The summed E-state index contributed by atoms with van der Waals surface area (Å²) in [6, 6.07) is -0.294. The van der Waals surface area contributed by atoms with E-state index in [1.165, 1.54) is 0 Å². The molecule has 0 saturated carbocycles. The minimum Gasteiger partial charge on any atom is -0.444 e. The van der Waals surface area contributed by atoms with Gasteiger partial charge in [-0.1, -0.05) is 0 Å². The lowest BCUT2D eigenvalue weighted by molar-refractivity contribution is 0.0378. The number of carbonyl (C=O) groups excluding carboxylic acids is 1. The summed E-state index contributed by atoms with van der Waals surface area (Å²) in [6.45, 7) is 6.07. The highest BCUT2D eigenvalue weighted by Crippen LogP contribution is 2.18. The normalized spacial score (nSPS) is 25.8. The minimum absolute atomic E-state index is 0.282. The van der Waals surface area contributed by atoms with Crippen molar-refractivity contribution in [3.05, 3.63) is 0 Å². The molecule has 6 heteroatoms. The molecule has 1 fully saturated rings. The maximum Gasteiger partial charge on any atom is 0.407 e. The zero-order valence-electron chi connectivity index (χ0n) is 10.4. The van der Waals surface area contributed by atoms with E-state index in [9.17, 15) is 13.6 Å². The topological polar surface area (TPSA) is 50.4 Å². The van der Waals surface area contributed by atoms with Crippen LogP contribution in [0.3, 0.4) is 0 Å². The molecular formula is C11H20F2N2O2. The van der Waals surface area contributed by atoms with Crippen LogP contribution in [0.2, 0.25) is 0 Å². The number of alkyl halides is 2. The first-order valence-corrected chi connectivity index (χ1v) is 5.76. The number of piperidine rings is 1. The summed E-state index contributed by atoms with van der Waals surface area (Å²) in [7, 11) is 0. The quantitative estimate of drug-likeness (QED) is 0.785. The van der Waals surface area contributed by atoms with Gasteiger partial charge in [0.2, 0.25) is 6.43 Å². The third-order valence-electron chi connectivity index (χ3n) is 2.46. The van der Waals surface area contributed by atoms with Crippen LogP contribution in [0.15, 0.2) is 0 Å². The van der Waals surface area contributed by atoms with Crippen LogP contribution < -0.4 is 10.6 Å². The largest absolute Gasteiger partial charge is 0.444 e. The lowest BCUT2D eigenvalue weighted by Gasteiger charge is -2.30. The van der Waals surface area contributed by atoms with Crippen molar-refractivity contribution in [1.82, 2.24) is 10.6 Å². The molecule has 0 radical (unpaired) electrons. The van der Waals surface area contributed by atoms with Gasteiger partial charge in [0.25, 0.3) is 0 Å². The van der Waals surface area contributed by atoms with Crippen LogP contribution in [0.1, 0.15) is 27.2 Å². The summed E-state index contributed by atoms with van der Waals surface area (Å²) >= 11 is 0. The molecule has 2 N–H and O–H groups in total. The molecule has 1 amide bonds. The first kappa shape index (κ1) is 14.2. The standard InChI is InChI=1S/C11H20F2N2O2/c1-11(2,3)17-10(16)15-8-4-7(9(12)13)5-14-6-8/h7-9,14H,4-6H2,1-3H3,(H,15,16)/t7-,8+/m0/s1. The van der Waals surface area contributed by atoms with Crippen LogP contribution in [-0.2, 0) is 4.74 Å². The van der Waals surface area contributed by atoms with Gasteiger partial charge in [-0.15, -0.1) is 0 Å². The van der Waals surface area contributed by atoms with E-state index in [-0.39, 0.29) is 12.5 Å². The van der Waals surface area contributed by atoms with Gasteiger partial charge in [0.1, 0.15) is 5.60 Å². The Morgan fingerprint density at radius 1 is 1.41 bits per heavy atom. The smallest absolute Gasteiger partial charge is 0.407 e. The fourth-order valence-electron chi connectivity index (χ4n) is 1.75. The van der Waals surface area contributed by atoms with Crippen LogP contribution in [0.4, 0.5) is 13.6 Å². The molecule has 100 valence electrons. The SMILES string of the molecule is CC(C)(C)OC(=O)N[C@H]1CNC[C@@H](C(F)F)C1. The second kappa shape index (κ2) is 5.62. The van der Waals surface area contributed by atoms with Crippen LogP contribution in [0.25, 0.3) is 0 Å². The number of halogens is 2. The van der Waals surface area contributed by atoms with Crippen molar-refractivity contribution in [1.29, 1.82) is 0 Å². The Morgan fingerprint density at radius 2 is 2.06 bits per heavy atom. The molecule has 0 spiro atoms. The van der Waals surface area contributed by atoms with Gasteiger partial charge >= 0.3 is 6.09 Å². The van der Waals surface area contributed by atoms with Gasteiger partial charge in [-0.2, -0.15) is 0 Å². The number of hydrogen-bond acceptors (Lipinski definition) is 3. The average molecular weight is 250 g/mol. The van der Waals surface area contributed by atoms with Crippen molar-refractivity contribution < 1.29 is 18.3 Å². The monoisotopic (exact) mass is 250 g/mol. The van der Waals surface area contributed by atoms with Crippen LogP contribution >= 0.6 is 0 Å².